The Morgan fingerprint density at radius 3 is 2.57 bits per heavy atom. The van der Waals surface area contributed by atoms with Gasteiger partial charge in [-0.2, -0.15) is 0 Å². The maximum Gasteiger partial charge on any atom is 0.419 e. The minimum absolute atomic E-state index is 0.119. The minimum atomic E-state index is -0.532. The molecule has 2 aromatic rings. The van der Waals surface area contributed by atoms with Crippen LogP contribution in [0.3, 0.4) is 0 Å². The van der Waals surface area contributed by atoms with Gasteiger partial charge in [-0.25, -0.2) is 4.79 Å². The second kappa shape index (κ2) is 6.72. The fourth-order valence-electron chi connectivity index (χ4n) is 2.52. The molecule has 126 valence electrons. The standard InChI is InChI=1S/C18H27N3O2/c1-18(2,3)23-17(22)21-12-14(15(19)10-11-20(4)5)13-8-6-7-9-16(13)21/h6-9,12,15H,10-11,19H2,1-5H3. The van der Waals surface area contributed by atoms with Gasteiger partial charge in [0.2, 0.25) is 0 Å². The van der Waals surface area contributed by atoms with Crippen LogP contribution in [0.5, 0.6) is 0 Å². The summed E-state index contributed by atoms with van der Waals surface area (Å²) in [6, 6.07) is 7.68. The Morgan fingerprint density at radius 1 is 1.30 bits per heavy atom. The van der Waals surface area contributed by atoms with E-state index in [2.05, 4.69) is 4.90 Å². The summed E-state index contributed by atoms with van der Waals surface area (Å²) in [7, 11) is 4.05. The van der Waals surface area contributed by atoms with Gasteiger partial charge in [-0.1, -0.05) is 18.2 Å². The molecule has 0 saturated heterocycles. The molecule has 2 rings (SSSR count). The highest BCUT2D eigenvalue weighted by molar-refractivity contribution is 5.92. The molecule has 23 heavy (non-hydrogen) atoms. The van der Waals surface area contributed by atoms with Crippen LogP contribution in [0.2, 0.25) is 0 Å². The topological polar surface area (TPSA) is 60.5 Å². The Labute approximate surface area is 138 Å². The summed E-state index contributed by atoms with van der Waals surface area (Å²) in [5.41, 5.74) is 7.64. The van der Waals surface area contributed by atoms with E-state index in [1.54, 1.807) is 4.57 Å². The van der Waals surface area contributed by atoms with Crippen LogP contribution in [0.15, 0.2) is 30.5 Å². The van der Waals surface area contributed by atoms with Crippen molar-refractivity contribution in [3.63, 3.8) is 0 Å². The van der Waals surface area contributed by atoms with Gasteiger partial charge in [0.15, 0.2) is 0 Å². The molecule has 5 nitrogen and oxygen atoms in total. The van der Waals surface area contributed by atoms with E-state index in [4.69, 9.17) is 10.5 Å². The molecular weight excluding hydrogens is 290 g/mol. The maximum absolute atomic E-state index is 12.5. The second-order valence-corrected chi connectivity index (χ2v) is 7.15. The zero-order valence-corrected chi connectivity index (χ0v) is 14.7. The van der Waals surface area contributed by atoms with Gasteiger partial charge in [-0.15, -0.1) is 0 Å². The number of carbonyl (C=O) groups is 1. The number of aromatic nitrogens is 1. The van der Waals surface area contributed by atoms with Gasteiger partial charge < -0.3 is 15.4 Å². The van der Waals surface area contributed by atoms with Crippen LogP contribution in [0.25, 0.3) is 10.9 Å². The van der Waals surface area contributed by atoms with E-state index in [-0.39, 0.29) is 12.1 Å². The molecule has 0 fully saturated rings. The number of carbonyl (C=O) groups excluding carboxylic acids is 1. The van der Waals surface area contributed by atoms with Gasteiger partial charge in [0, 0.05) is 17.6 Å². The van der Waals surface area contributed by atoms with Crippen molar-refractivity contribution < 1.29 is 9.53 Å². The summed E-state index contributed by atoms with van der Waals surface area (Å²) >= 11 is 0. The first-order valence-electron chi connectivity index (χ1n) is 7.92. The van der Waals surface area contributed by atoms with Gasteiger partial charge in [-0.3, -0.25) is 4.57 Å². The Kier molecular flexibility index (Phi) is 5.12. The second-order valence-electron chi connectivity index (χ2n) is 7.15. The summed E-state index contributed by atoms with van der Waals surface area (Å²) in [4.78, 5) is 14.6. The van der Waals surface area contributed by atoms with E-state index in [0.29, 0.717) is 0 Å². The third kappa shape index (κ3) is 4.33. The molecular formula is C18H27N3O2. The fraction of sp³-hybridized carbons (Fsp3) is 0.500. The largest absolute Gasteiger partial charge is 0.443 e. The van der Waals surface area contributed by atoms with Crippen molar-refractivity contribution in [2.45, 2.75) is 38.8 Å². The Morgan fingerprint density at radius 2 is 1.96 bits per heavy atom. The molecule has 1 heterocycles. The highest BCUT2D eigenvalue weighted by Crippen LogP contribution is 2.28. The highest BCUT2D eigenvalue weighted by atomic mass is 16.6. The molecule has 1 unspecified atom stereocenters. The van der Waals surface area contributed by atoms with Gasteiger partial charge in [0.05, 0.1) is 5.52 Å². The van der Waals surface area contributed by atoms with E-state index in [9.17, 15) is 4.79 Å². The number of ether oxygens (including phenoxy) is 1. The molecule has 1 aromatic carbocycles. The molecule has 0 saturated carbocycles. The fourth-order valence-corrected chi connectivity index (χ4v) is 2.52. The van der Waals surface area contributed by atoms with E-state index < -0.39 is 5.60 Å². The quantitative estimate of drug-likeness (QED) is 0.939. The lowest BCUT2D eigenvalue weighted by Crippen LogP contribution is -2.26. The summed E-state index contributed by atoms with van der Waals surface area (Å²) in [5.74, 6) is 0. The van der Waals surface area contributed by atoms with Crippen LogP contribution in [-0.2, 0) is 4.74 Å². The molecule has 0 spiro atoms. The molecule has 0 aliphatic rings. The van der Waals surface area contributed by atoms with Gasteiger partial charge in [-0.05, 0) is 59.5 Å². The van der Waals surface area contributed by atoms with Crippen LogP contribution < -0.4 is 5.73 Å². The average molecular weight is 317 g/mol. The molecule has 0 bridgehead atoms. The van der Waals surface area contributed by atoms with Crippen LogP contribution >= 0.6 is 0 Å². The highest BCUT2D eigenvalue weighted by Gasteiger charge is 2.22. The first kappa shape index (κ1) is 17.5. The third-order valence-electron chi connectivity index (χ3n) is 3.62. The maximum atomic E-state index is 12.5. The summed E-state index contributed by atoms with van der Waals surface area (Å²) in [6.07, 6.45) is 2.27. The van der Waals surface area contributed by atoms with Crippen molar-refractivity contribution in [3.8, 4) is 0 Å². The number of benzene rings is 1. The number of fused-ring (bicyclic) bond motifs is 1. The number of hydrogen-bond donors (Lipinski definition) is 1. The number of para-hydroxylation sites is 1. The molecule has 0 aliphatic heterocycles. The van der Waals surface area contributed by atoms with Crippen molar-refractivity contribution >= 4 is 17.0 Å². The molecule has 0 aliphatic carbocycles. The van der Waals surface area contributed by atoms with Gasteiger partial charge in [0.1, 0.15) is 5.60 Å². The van der Waals surface area contributed by atoms with Crippen LogP contribution in [0.1, 0.15) is 38.8 Å². The first-order chi connectivity index (χ1) is 10.7. The molecule has 5 heteroatoms. The minimum Gasteiger partial charge on any atom is -0.443 e. The summed E-state index contributed by atoms with van der Waals surface area (Å²) in [6.45, 7) is 6.48. The number of rotatable bonds is 4. The smallest absolute Gasteiger partial charge is 0.419 e. The van der Waals surface area contributed by atoms with Gasteiger partial charge in [0.25, 0.3) is 0 Å². The molecule has 2 N–H and O–H groups in total. The van der Waals surface area contributed by atoms with E-state index in [1.807, 2.05) is 65.3 Å². The van der Waals surface area contributed by atoms with Crippen molar-refractivity contribution in [1.29, 1.82) is 0 Å². The number of nitrogens with zero attached hydrogens (tertiary/aromatic N) is 2. The van der Waals surface area contributed by atoms with Crippen LogP contribution in [0, 0.1) is 0 Å². The SMILES string of the molecule is CN(C)CCC(N)c1cn(C(=O)OC(C)(C)C)c2ccccc12. The van der Waals surface area contributed by atoms with E-state index >= 15 is 0 Å². The predicted octanol–water partition coefficient (Wildman–Crippen LogP) is 3.38. The Bertz CT molecular complexity index is 683. The lowest BCUT2D eigenvalue weighted by molar-refractivity contribution is 0.0544. The van der Waals surface area contributed by atoms with Crippen molar-refractivity contribution in [2.75, 3.05) is 20.6 Å². The van der Waals surface area contributed by atoms with Crippen molar-refractivity contribution in [2.24, 2.45) is 5.73 Å². The Hall–Kier alpha value is -1.85. The molecule has 0 radical (unpaired) electrons. The molecule has 0 amide bonds. The third-order valence-corrected chi connectivity index (χ3v) is 3.62. The lowest BCUT2D eigenvalue weighted by atomic mass is 10.0. The normalized spacial score (nSPS) is 13.5. The Balaban J connectivity index is 2.38. The monoisotopic (exact) mass is 317 g/mol. The van der Waals surface area contributed by atoms with Crippen molar-refractivity contribution in [3.05, 3.63) is 36.0 Å². The zero-order chi connectivity index (χ0) is 17.2. The summed E-state index contributed by atoms with van der Waals surface area (Å²) in [5, 5.41) is 1.00. The average Bonchev–Trinajstić information content (AvgIpc) is 2.82. The van der Waals surface area contributed by atoms with Crippen LogP contribution in [-0.4, -0.2) is 41.8 Å². The first-order valence-corrected chi connectivity index (χ1v) is 7.92. The van der Waals surface area contributed by atoms with E-state index in [0.717, 1.165) is 29.4 Å². The summed E-state index contributed by atoms with van der Waals surface area (Å²) < 4.78 is 7.06. The van der Waals surface area contributed by atoms with Crippen molar-refractivity contribution in [1.82, 2.24) is 9.47 Å². The van der Waals surface area contributed by atoms with Crippen LogP contribution in [0.4, 0.5) is 4.79 Å². The van der Waals surface area contributed by atoms with E-state index in [1.165, 1.54) is 0 Å². The number of hydrogen-bond acceptors (Lipinski definition) is 4. The number of nitrogens with two attached hydrogens (primary N) is 1. The zero-order valence-electron chi connectivity index (χ0n) is 14.7. The molecule has 1 aromatic heterocycles. The predicted molar refractivity (Wildman–Crippen MR) is 93.7 cm³/mol. The lowest BCUT2D eigenvalue weighted by Gasteiger charge is -2.19. The van der Waals surface area contributed by atoms with Gasteiger partial charge >= 0.3 is 6.09 Å². The molecule has 1 atom stereocenters.